The summed E-state index contributed by atoms with van der Waals surface area (Å²) in [5.74, 6) is 0. The van der Waals surface area contributed by atoms with Crippen LogP contribution in [0.4, 0.5) is 5.69 Å². The van der Waals surface area contributed by atoms with E-state index in [-0.39, 0.29) is 0 Å². The fourth-order valence-corrected chi connectivity index (χ4v) is 2.60. The first-order valence-electron chi connectivity index (χ1n) is 5.73. The zero-order valence-electron chi connectivity index (χ0n) is 10.9. The summed E-state index contributed by atoms with van der Waals surface area (Å²) in [5.41, 5.74) is 1.49. The molecule has 0 spiro atoms. The number of hydrogen-bond acceptors (Lipinski definition) is 4. The molecule has 0 heterocycles. The summed E-state index contributed by atoms with van der Waals surface area (Å²) in [6, 6.07) is 7.18. The lowest BCUT2D eigenvalue weighted by molar-refractivity contribution is 0.185. The maximum Gasteiger partial charge on any atom is 0.236 e. The second-order valence-electron chi connectivity index (χ2n) is 4.15. The van der Waals surface area contributed by atoms with Crippen LogP contribution < -0.4 is 10.0 Å². The molecular weight excluding hydrogens is 252 g/mol. The molecule has 6 heteroatoms. The largest absolute Gasteiger partial charge is 0.380 e. The minimum Gasteiger partial charge on any atom is -0.380 e. The van der Waals surface area contributed by atoms with Crippen molar-refractivity contribution in [3.05, 3.63) is 29.8 Å². The van der Waals surface area contributed by atoms with Gasteiger partial charge in [0.25, 0.3) is 0 Å². The molecule has 1 aromatic carbocycles. The summed E-state index contributed by atoms with van der Waals surface area (Å²) in [6.45, 7) is 2.53. The Balaban J connectivity index is 2.80. The molecule has 0 saturated heterocycles. The lowest BCUT2D eigenvalue weighted by Gasteiger charge is -2.14. The van der Waals surface area contributed by atoms with Gasteiger partial charge in [-0.25, -0.2) is 8.42 Å². The SMILES string of the molecule is CNCC(C)S(=O)(=O)Nc1cccc(COC)c1. The van der Waals surface area contributed by atoms with Gasteiger partial charge >= 0.3 is 0 Å². The number of anilines is 1. The molecule has 5 nitrogen and oxygen atoms in total. The van der Waals surface area contributed by atoms with Crippen molar-refractivity contribution in [1.29, 1.82) is 0 Å². The van der Waals surface area contributed by atoms with E-state index in [0.717, 1.165) is 5.56 Å². The van der Waals surface area contributed by atoms with E-state index in [0.29, 0.717) is 18.8 Å². The molecule has 18 heavy (non-hydrogen) atoms. The molecule has 102 valence electrons. The van der Waals surface area contributed by atoms with Crippen molar-refractivity contribution < 1.29 is 13.2 Å². The molecule has 1 rings (SSSR count). The minimum absolute atomic E-state index is 0.410. The summed E-state index contributed by atoms with van der Waals surface area (Å²) >= 11 is 0. The fraction of sp³-hybridized carbons (Fsp3) is 0.500. The molecule has 0 radical (unpaired) electrons. The van der Waals surface area contributed by atoms with Gasteiger partial charge in [0.1, 0.15) is 0 Å². The Morgan fingerprint density at radius 2 is 2.11 bits per heavy atom. The van der Waals surface area contributed by atoms with Crippen LogP contribution in [0.15, 0.2) is 24.3 Å². The number of rotatable bonds is 7. The lowest BCUT2D eigenvalue weighted by atomic mass is 10.2. The van der Waals surface area contributed by atoms with Gasteiger partial charge in [-0.1, -0.05) is 12.1 Å². The number of benzene rings is 1. The lowest BCUT2D eigenvalue weighted by Crippen LogP contribution is -2.33. The minimum atomic E-state index is -3.36. The van der Waals surface area contributed by atoms with Crippen LogP contribution >= 0.6 is 0 Å². The molecule has 0 fully saturated rings. The first-order chi connectivity index (χ1) is 8.49. The predicted octanol–water partition coefficient (Wildman–Crippen LogP) is 1.18. The number of ether oxygens (including phenoxy) is 1. The normalized spacial score (nSPS) is 13.3. The van der Waals surface area contributed by atoms with E-state index in [1.54, 1.807) is 39.3 Å². The predicted molar refractivity (Wildman–Crippen MR) is 73.1 cm³/mol. The van der Waals surface area contributed by atoms with E-state index in [2.05, 4.69) is 10.0 Å². The number of hydrogen-bond donors (Lipinski definition) is 2. The Morgan fingerprint density at radius 1 is 1.39 bits per heavy atom. The van der Waals surface area contributed by atoms with Gasteiger partial charge in [-0.2, -0.15) is 0 Å². The molecule has 0 aliphatic carbocycles. The summed E-state index contributed by atoms with van der Waals surface area (Å²) in [5, 5.41) is 2.36. The Kier molecular flexibility index (Phi) is 5.58. The first kappa shape index (κ1) is 14.9. The van der Waals surface area contributed by atoms with Gasteiger partial charge in [0.05, 0.1) is 11.9 Å². The second-order valence-corrected chi connectivity index (χ2v) is 6.25. The highest BCUT2D eigenvalue weighted by Crippen LogP contribution is 2.14. The summed E-state index contributed by atoms with van der Waals surface area (Å²) in [6.07, 6.45) is 0. The van der Waals surface area contributed by atoms with Gasteiger partial charge in [0.15, 0.2) is 0 Å². The summed E-state index contributed by atoms with van der Waals surface area (Å²) in [7, 11) is -0.0301. The highest BCUT2D eigenvalue weighted by molar-refractivity contribution is 7.93. The van der Waals surface area contributed by atoms with Crippen LogP contribution in [0.5, 0.6) is 0 Å². The molecule has 1 unspecified atom stereocenters. The Morgan fingerprint density at radius 3 is 2.72 bits per heavy atom. The molecule has 0 aliphatic rings. The average molecular weight is 272 g/mol. The zero-order chi connectivity index (χ0) is 13.6. The Bertz CT molecular complexity index is 474. The van der Waals surface area contributed by atoms with Gasteiger partial charge in [-0.3, -0.25) is 4.72 Å². The van der Waals surface area contributed by atoms with Gasteiger partial charge in [-0.05, 0) is 31.7 Å². The van der Waals surface area contributed by atoms with E-state index in [1.807, 2.05) is 6.07 Å². The van der Waals surface area contributed by atoms with Crippen molar-refractivity contribution in [3.63, 3.8) is 0 Å². The first-order valence-corrected chi connectivity index (χ1v) is 7.28. The number of sulfonamides is 1. The summed E-state index contributed by atoms with van der Waals surface area (Å²) < 4.78 is 31.5. The van der Waals surface area contributed by atoms with Crippen molar-refractivity contribution >= 4 is 15.7 Å². The zero-order valence-corrected chi connectivity index (χ0v) is 11.8. The van der Waals surface area contributed by atoms with Gasteiger partial charge in [0, 0.05) is 19.3 Å². The van der Waals surface area contributed by atoms with Gasteiger partial charge in [0.2, 0.25) is 10.0 Å². The van der Waals surface area contributed by atoms with Crippen LogP contribution in [0.3, 0.4) is 0 Å². The third-order valence-electron chi connectivity index (χ3n) is 2.52. The van der Waals surface area contributed by atoms with Crippen LogP contribution in [0.25, 0.3) is 0 Å². The molecule has 0 amide bonds. The van der Waals surface area contributed by atoms with Crippen molar-refractivity contribution in [2.45, 2.75) is 18.8 Å². The van der Waals surface area contributed by atoms with Crippen molar-refractivity contribution in [3.8, 4) is 0 Å². The van der Waals surface area contributed by atoms with Crippen molar-refractivity contribution in [2.24, 2.45) is 0 Å². The molecule has 0 saturated carbocycles. The molecule has 2 N–H and O–H groups in total. The smallest absolute Gasteiger partial charge is 0.236 e. The fourth-order valence-electron chi connectivity index (χ4n) is 1.55. The Labute approximate surface area is 109 Å². The van der Waals surface area contributed by atoms with E-state index in [1.165, 1.54) is 0 Å². The van der Waals surface area contributed by atoms with Crippen LogP contribution in [-0.2, 0) is 21.4 Å². The molecule has 1 atom stereocenters. The molecule has 0 aromatic heterocycles. The highest BCUT2D eigenvalue weighted by atomic mass is 32.2. The van der Waals surface area contributed by atoms with Crippen LogP contribution in [0, 0.1) is 0 Å². The maximum atomic E-state index is 12.0. The second kappa shape index (κ2) is 6.72. The molecular formula is C12H20N2O3S. The highest BCUT2D eigenvalue weighted by Gasteiger charge is 2.19. The monoisotopic (exact) mass is 272 g/mol. The van der Waals surface area contributed by atoms with E-state index in [4.69, 9.17) is 4.74 Å². The Hall–Kier alpha value is -1.11. The third kappa shape index (κ3) is 4.29. The van der Waals surface area contributed by atoms with Crippen molar-refractivity contribution in [1.82, 2.24) is 5.32 Å². The van der Waals surface area contributed by atoms with Gasteiger partial charge in [-0.15, -0.1) is 0 Å². The van der Waals surface area contributed by atoms with Gasteiger partial charge < -0.3 is 10.1 Å². The van der Waals surface area contributed by atoms with Crippen LogP contribution in [-0.4, -0.2) is 34.4 Å². The van der Waals surface area contributed by atoms with Crippen LogP contribution in [0.1, 0.15) is 12.5 Å². The van der Waals surface area contributed by atoms with E-state index >= 15 is 0 Å². The van der Waals surface area contributed by atoms with Crippen molar-refractivity contribution in [2.75, 3.05) is 25.4 Å². The van der Waals surface area contributed by atoms with Crippen LogP contribution in [0.2, 0.25) is 0 Å². The average Bonchev–Trinajstić information content (AvgIpc) is 2.29. The topological polar surface area (TPSA) is 67.4 Å². The molecule has 0 bridgehead atoms. The number of methoxy groups -OCH3 is 1. The third-order valence-corrected chi connectivity index (χ3v) is 4.27. The van der Waals surface area contributed by atoms with E-state index < -0.39 is 15.3 Å². The summed E-state index contributed by atoms with van der Waals surface area (Å²) in [4.78, 5) is 0. The standard InChI is InChI=1S/C12H20N2O3S/c1-10(8-13-2)18(15,16)14-12-6-4-5-11(7-12)9-17-3/h4-7,10,13-14H,8-9H2,1-3H3. The van der Waals surface area contributed by atoms with E-state index in [9.17, 15) is 8.42 Å². The molecule has 0 aliphatic heterocycles. The quantitative estimate of drug-likeness (QED) is 0.782. The maximum absolute atomic E-state index is 12.0. The number of nitrogens with one attached hydrogen (secondary N) is 2. The molecule has 1 aromatic rings.